The number of carbonyl (C=O) groups excluding carboxylic acids is 1. The van der Waals surface area contributed by atoms with Crippen LogP contribution in [0, 0.1) is 5.82 Å². The molecule has 1 N–H and O–H groups in total. The Labute approximate surface area is 135 Å². The number of nitrogens with one attached hydrogen (secondary N) is 1. The summed E-state index contributed by atoms with van der Waals surface area (Å²) >= 11 is 0. The van der Waals surface area contributed by atoms with Gasteiger partial charge < -0.3 is 14.8 Å². The minimum atomic E-state index is -0.438. The van der Waals surface area contributed by atoms with E-state index in [9.17, 15) is 9.18 Å². The van der Waals surface area contributed by atoms with Gasteiger partial charge in [0.05, 0.1) is 13.2 Å². The van der Waals surface area contributed by atoms with E-state index in [2.05, 4.69) is 5.32 Å². The Balaban J connectivity index is 2.00. The van der Waals surface area contributed by atoms with Crippen LogP contribution in [0.15, 0.2) is 42.5 Å². The zero-order valence-electron chi connectivity index (χ0n) is 13.4. The van der Waals surface area contributed by atoms with Crippen LogP contribution in [0.1, 0.15) is 29.8 Å². The van der Waals surface area contributed by atoms with Crippen LogP contribution in [-0.2, 0) is 6.54 Å². The van der Waals surface area contributed by atoms with E-state index in [0.29, 0.717) is 16.9 Å². The molecule has 2 aromatic carbocycles. The molecule has 0 bridgehead atoms. The fourth-order valence-electron chi connectivity index (χ4n) is 2.05. The van der Waals surface area contributed by atoms with Crippen molar-refractivity contribution in [2.45, 2.75) is 26.5 Å². The van der Waals surface area contributed by atoms with Gasteiger partial charge in [0.25, 0.3) is 5.91 Å². The number of rotatable bonds is 6. The van der Waals surface area contributed by atoms with Crippen molar-refractivity contribution in [2.24, 2.45) is 0 Å². The van der Waals surface area contributed by atoms with Crippen LogP contribution >= 0.6 is 0 Å². The molecule has 122 valence electrons. The smallest absolute Gasteiger partial charge is 0.251 e. The predicted molar refractivity (Wildman–Crippen MR) is 86.3 cm³/mol. The fourth-order valence-corrected chi connectivity index (χ4v) is 2.05. The Morgan fingerprint density at radius 3 is 2.65 bits per heavy atom. The van der Waals surface area contributed by atoms with Gasteiger partial charge in [-0.05, 0) is 49.7 Å². The van der Waals surface area contributed by atoms with E-state index in [-0.39, 0.29) is 24.3 Å². The highest BCUT2D eigenvalue weighted by Gasteiger charge is 2.09. The Hall–Kier alpha value is -2.56. The number of hydrogen-bond donors (Lipinski definition) is 1. The van der Waals surface area contributed by atoms with Crippen molar-refractivity contribution in [2.75, 3.05) is 7.11 Å². The summed E-state index contributed by atoms with van der Waals surface area (Å²) in [6.45, 7) is 3.90. The second-order valence-corrected chi connectivity index (χ2v) is 5.35. The third-order valence-corrected chi connectivity index (χ3v) is 3.14. The van der Waals surface area contributed by atoms with Gasteiger partial charge in [0, 0.05) is 12.1 Å². The molecular formula is C18H20FNO3. The number of carbonyl (C=O) groups is 1. The highest BCUT2D eigenvalue weighted by molar-refractivity contribution is 5.94. The maximum atomic E-state index is 13.9. The third-order valence-electron chi connectivity index (χ3n) is 3.14. The standard InChI is InChI=1S/C18H20FNO3/c1-12(2)23-17-8-7-13(9-16(17)19)11-20-18(21)14-5-4-6-15(10-14)22-3/h4-10,12H,11H2,1-3H3,(H,20,21). The molecule has 0 radical (unpaired) electrons. The first kappa shape index (κ1) is 16.8. The molecule has 5 heteroatoms. The van der Waals surface area contributed by atoms with Gasteiger partial charge in [-0.25, -0.2) is 4.39 Å². The van der Waals surface area contributed by atoms with Crippen LogP contribution in [0.25, 0.3) is 0 Å². The molecule has 0 aromatic heterocycles. The normalized spacial score (nSPS) is 10.5. The summed E-state index contributed by atoms with van der Waals surface area (Å²) in [6, 6.07) is 11.5. The number of benzene rings is 2. The van der Waals surface area contributed by atoms with Crippen molar-refractivity contribution < 1.29 is 18.7 Å². The SMILES string of the molecule is COc1cccc(C(=O)NCc2ccc(OC(C)C)c(F)c2)c1. The highest BCUT2D eigenvalue weighted by Crippen LogP contribution is 2.20. The molecule has 2 aromatic rings. The summed E-state index contributed by atoms with van der Waals surface area (Å²) < 4.78 is 24.3. The second-order valence-electron chi connectivity index (χ2n) is 5.35. The Bertz CT molecular complexity index is 686. The largest absolute Gasteiger partial charge is 0.497 e. The van der Waals surface area contributed by atoms with Crippen molar-refractivity contribution in [3.8, 4) is 11.5 Å². The molecule has 2 rings (SSSR count). The zero-order valence-corrected chi connectivity index (χ0v) is 13.4. The van der Waals surface area contributed by atoms with Crippen molar-refractivity contribution in [1.29, 1.82) is 0 Å². The molecule has 0 saturated carbocycles. The summed E-state index contributed by atoms with van der Waals surface area (Å²) in [5.41, 5.74) is 1.15. The molecule has 0 atom stereocenters. The van der Waals surface area contributed by atoms with Crippen LogP contribution < -0.4 is 14.8 Å². The van der Waals surface area contributed by atoms with Crippen molar-refractivity contribution in [3.63, 3.8) is 0 Å². The van der Waals surface area contributed by atoms with Crippen molar-refractivity contribution in [1.82, 2.24) is 5.32 Å². The van der Waals surface area contributed by atoms with Gasteiger partial charge in [-0.1, -0.05) is 12.1 Å². The Morgan fingerprint density at radius 2 is 2.00 bits per heavy atom. The lowest BCUT2D eigenvalue weighted by Crippen LogP contribution is -2.22. The Morgan fingerprint density at radius 1 is 1.22 bits per heavy atom. The molecule has 4 nitrogen and oxygen atoms in total. The van der Waals surface area contributed by atoms with Gasteiger partial charge in [0.1, 0.15) is 5.75 Å². The molecule has 0 fully saturated rings. The first-order valence-electron chi connectivity index (χ1n) is 7.37. The van der Waals surface area contributed by atoms with E-state index in [1.807, 2.05) is 13.8 Å². The topological polar surface area (TPSA) is 47.6 Å². The number of amides is 1. The van der Waals surface area contributed by atoms with E-state index < -0.39 is 5.82 Å². The zero-order chi connectivity index (χ0) is 16.8. The van der Waals surface area contributed by atoms with Gasteiger partial charge in [0.15, 0.2) is 11.6 Å². The quantitative estimate of drug-likeness (QED) is 0.886. The lowest BCUT2D eigenvalue weighted by atomic mass is 10.1. The molecule has 0 spiro atoms. The van der Waals surface area contributed by atoms with Crippen LogP contribution in [-0.4, -0.2) is 19.1 Å². The molecule has 1 amide bonds. The fraction of sp³-hybridized carbons (Fsp3) is 0.278. The molecule has 23 heavy (non-hydrogen) atoms. The molecular weight excluding hydrogens is 297 g/mol. The van der Waals surface area contributed by atoms with Gasteiger partial charge >= 0.3 is 0 Å². The van der Waals surface area contributed by atoms with Gasteiger partial charge in [-0.15, -0.1) is 0 Å². The summed E-state index contributed by atoms with van der Waals surface area (Å²) in [6.07, 6.45) is -0.0943. The molecule has 0 unspecified atom stereocenters. The molecule has 0 aliphatic carbocycles. The van der Waals surface area contributed by atoms with E-state index in [0.717, 1.165) is 0 Å². The average molecular weight is 317 g/mol. The highest BCUT2D eigenvalue weighted by atomic mass is 19.1. The summed E-state index contributed by atoms with van der Waals surface area (Å²) in [4.78, 5) is 12.1. The molecule has 0 saturated heterocycles. The van der Waals surface area contributed by atoms with Gasteiger partial charge in [-0.2, -0.15) is 0 Å². The summed E-state index contributed by atoms with van der Waals surface area (Å²) in [5.74, 6) is 0.139. The van der Waals surface area contributed by atoms with E-state index in [1.54, 1.807) is 43.5 Å². The minimum absolute atomic E-state index is 0.0943. The van der Waals surface area contributed by atoms with E-state index in [1.165, 1.54) is 6.07 Å². The third kappa shape index (κ3) is 4.71. The first-order valence-corrected chi connectivity index (χ1v) is 7.37. The number of methoxy groups -OCH3 is 1. The second kappa shape index (κ2) is 7.63. The van der Waals surface area contributed by atoms with Crippen LogP contribution in [0.2, 0.25) is 0 Å². The van der Waals surface area contributed by atoms with Gasteiger partial charge in [-0.3, -0.25) is 4.79 Å². The van der Waals surface area contributed by atoms with E-state index in [4.69, 9.17) is 9.47 Å². The number of ether oxygens (including phenoxy) is 2. The lowest BCUT2D eigenvalue weighted by Gasteiger charge is -2.12. The minimum Gasteiger partial charge on any atom is -0.497 e. The first-order chi connectivity index (χ1) is 11.0. The van der Waals surface area contributed by atoms with Crippen LogP contribution in [0.5, 0.6) is 11.5 Å². The average Bonchev–Trinajstić information content (AvgIpc) is 2.54. The predicted octanol–water partition coefficient (Wildman–Crippen LogP) is 3.55. The number of hydrogen-bond acceptors (Lipinski definition) is 3. The molecule has 0 aliphatic heterocycles. The molecule has 0 heterocycles. The maximum Gasteiger partial charge on any atom is 0.251 e. The van der Waals surface area contributed by atoms with Crippen LogP contribution in [0.3, 0.4) is 0 Å². The number of halogens is 1. The Kier molecular flexibility index (Phi) is 5.57. The van der Waals surface area contributed by atoms with Crippen molar-refractivity contribution in [3.05, 3.63) is 59.4 Å². The lowest BCUT2D eigenvalue weighted by molar-refractivity contribution is 0.0950. The summed E-state index contributed by atoms with van der Waals surface area (Å²) in [7, 11) is 1.54. The summed E-state index contributed by atoms with van der Waals surface area (Å²) in [5, 5.41) is 2.75. The van der Waals surface area contributed by atoms with Crippen molar-refractivity contribution >= 4 is 5.91 Å². The maximum absolute atomic E-state index is 13.9. The van der Waals surface area contributed by atoms with Crippen LogP contribution in [0.4, 0.5) is 4.39 Å². The van der Waals surface area contributed by atoms with E-state index >= 15 is 0 Å². The van der Waals surface area contributed by atoms with Gasteiger partial charge in [0.2, 0.25) is 0 Å². The monoisotopic (exact) mass is 317 g/mol. The molecule has 0 aliphatic rings.